The molecule has 2 aliphatic rings. The fourth-order valence-corrected chi connectivity index (χ4v) is 3.58. The van der Waals surface area contributed by atoms with Crippen LogP contribution < -0.4 is 5.32 Å². The van der Waals surface area contributed by atoms with Crippen LogP contribution in [0.15, 0.2) is 30.3 Å². The number of morpholine rings is 1. The van der Waals surface area contributed by atoms with Gasteiger partial charge in [-0.15, -0.1) is 0 Å². The first-order valence-corrected chi connectivity index (χ1v) is 10.4. The van der Waals surface area contributed by atoms with Gasteiger partial charge in [0.25, 0.3) is 11.9 Å². The van der Waals surface area contributed by atoms with E-state index in [2.05, 4.69) is 10.2 Å². The van der Waals surface area contributed by atoms with E-state index in [-0.39, 0.29) is 24.7 Å². The molecule has 0 aromatic heterocycles. The third-order valence-corrected chi connectivity index (χ3v) is 4.98. The van der Waals surface area contributed by atoms with Crippen molar-refractivity contribution in [2.75, 3.05) is 53.5 Å². The number of hydrogen-bond donors (Lipinski definition) is 4. The molecule has 0 aliphatic carbocycles. The van der Waals surface area contributed by atoms with Crippen LogP contribution in [0.3, 0.4) is 0 Å². The summed E-state index contributed by atoms with van der Waals surface area (Å²) in [5.41, 5.74) is 0.408. The van der Waals surface area contributed by atoms with E-state index in [0.717, 1.165) is 26.0 Å². The van der Waals surface area contributed by atoms with E-state index in [1.807, 2.05) is 49.3 Å². The second-order valence-electron chi connectivity index (χ2n) is 8.11. The van der Waals surface area contributed by atoms with E-state index in [0.29, 0.717) is 26.2 Å². The van der Waals surface area contributed by atoms with Crippen LogP contribution in [-0.4, -0.2) is 103 Å². The Hall–Kier alpha value is -2.53. The topological polar surface area (TPSA) is 140 Å². The number of ether oxygens (including phenoxy) is 1. The van der Waals surface area contributed by atoms with Crippen LogP contribution in [-0.2, 0) is 19.1 Å². The summed E-state index contributed by atoms with van der Waals surface area (Å²) < 4.78 is 6.02. The van der Waals surface area contributed by atoms with E-state index >= 15 is 0 Å². The summed E-state index contributed by atoms with van der Waals surface area (Å²) >= 11 is 0. The Kier molecular flexibility index (Phi) is 11.3. The van der Waals surface area contributed by atoms with Crippen LogP contribution in [0.4, 0.5) is 0 Å². The van der Waals surface area contributed by atoms with Crippen molar-refractivity contribution >= 4 is 17.8 Å². The normalized spacial score (nSPS) is 21.2. The zero-order chi connectivity index (χ0) is 24.3. The number of hydrogen-bond acceptors (Lipinski definition) is 7. The van der Waals surface area contributed by atoms with Crippen LogP contribution >= 0.6 is 0 Å². The molecule has 4 N–H and O–H groups in total. The average Bonchev–Trinajstić information content (AvgIpc) is 2.66. The Bertz CT molecular complexity index is 713. The number of aliphatic carboxylic acids is 2. The maximum atomic E-state index is 13.2. The number of carboxylic acids is 2. The number of likely N-dealkylation sites (N-methyl/N-ethyl adjacent to an activating group) is 1. The maximum Gasteiger partial charge on any atom is 0.300 e. The fourth-order valence-electron chi connectivity index (χ4n) is 3.58. The van der Waals surface area contributed by atoms with Gasteiger partial charge in [-0.05, 0) is 19.7 Å². The second-order valence-corrected chi connectivity index (χ2v) is 8.11. The van der Waals surface area contributed by atoms with Gasteiger partial charge in [0.15, 0.2) is 0 Å². The number of rotatable bonds is 5. The minimum Gasteiger partial charge on any atom is -0.481 e. The molecule has 1 aromatic rings. The highest BCUT2D eigenvalue weighted by Crippen LogP contribution is 2.35. The Morgan fingerprint density at radius 1 is 1.12 bits per heavy atom. The van der Waals surface area contributed by atoms with E-state index in [4.69, 9.17) is 24.5 Å². The van der Waals surface area contributed by atoms with E-state index < -0.39 is 17.4 Å². The molecule has 2 fully saturated rings. The first kappa shape index (κ1) is 27.5. The molecule has 2 aliphatic heterocycles. The maximum absolute atomic E-state index is 13.2. The van der Waals surface area contributed by atoms with E-state index in [9.17, 15) is 9.90 Å². The lowest BCUT2D eigenvalue weighted by molar-refractivity contribution is -0.164. The molecule has 32 heavy (non-hydrogen) atoms. The summed E-state index contributed by atoms with van der Waals surface area (Å²) in [6.07, 6.45) is -0.0797. The van der Waals surface area contributed by atoms with Gasteiger partial charge in [-0.25, -0.2) is 0 Å². The fraction of sp³-hybridized carbons (Fsp3) is 0.591. The predicted molar refractivity (Wildman–Crippen MR) is 118 cm³/mol. The third-order valence-electron chi connectivity index (χ3n) is 4.98. The van der Waals surface area contributed by atoms with Crippen LogP contribution in [0, 0.1) is 5.41 Å². The number of carbonyl (C=O) groups is 3. The molecule has 10 nitrogen and oxygen atoms in total. The van der Waals surface area contributed by atoms with E-state index in [1.54, 1.807) is 0 Å². The number of carboxylic acid groups (broad SMARTS) is 2. The highest BCUT2D eigenvalue weighted by molar-refractivity contribution is 5.85. The Balaban J connectivity index is 0.000000554. The molecular formula is C22H35N3O7. The van der Waals surface area contributed by atoms with Crippen LogP contribution in [0.25, 0.3) is 0 Å². The molecule has 0 bridgehead atoms. The summed E-state index contributed by atoms with van der Waals surface area (Å²) in [5.74, 6) is -1.63. The van der Waals surface area contributed by atoms with Crippen molar-refractivity contribution in [1.29, 1.82) is 0 Å². The van der Waals surface area contributed by atoms with Gasteiger partial charge in [0, 0.05) is 40.0 Å². The van der Waals surface area contributed by atoms with Crippen LogP contribution in [0.5, 0.6) is 0 Å². The van der Waals surface area contributed by atoms with Gasteiger partial charge in [0.2, 0.25) is 5.91 Å². The summed E-state index contributed by atoms with van der Waals surface area (Å²) in [7, 11) is 4.02. The number of aliphatic hydroxyl groups is 1. The third kappa shape index (κ3) is 8.19. The molecule has 0 spiro atoms. The average molecular weight is 454 g/mol. The molecule has 2 saturated heterocycles. The summed E-state index contributed by atoms with van der Waals surface area (Å²) in [5, 5.41) is 27.7. The van der Waals surface area contributed by atoms with Crippen molar-refractivity contribution in [2.24, 2.45) is 5.41 Å². The zero-order valence-corrected chi connectivity index (χ0v) is 19.2. The van der Waals surface area contributed by atoms with Crippen molar-refractivity contribution in [1.82, 2.24) is 15.1 Å². The van der Waals surface area contributed by atoms with Crippen molar-refractivity contribution in [3.63, 3.8) is 0 Å². The second kappa shape index (κ2) is 13.1. The van der Waals surface area contributed by atoms with Gasteiger partial charge in [0.05, 0.1) is 30.8 Å². The lowest BCUT2D eigenvalue weighted by Gasteiger charge is -2.48. The lowest BCUT2D eigenvalue weighted by Crippen LogP contribution is -2.66. The lowest BCUT2D eigenvalue weighted by atomic mass is 9.80. The standard InChI is InChI=1S/C18H27N3O3.2C2H4O2/c1-20(2)10-15-16(14-6-4-3-5-7-14)21(8-9-24-15)17(23)18(13-22)11-19-12-18;2*1-2(3)4/h3-7,15-16,19,22H,8-13H2,1-2H3;2*1H3,(H,3,4)/t15-,16-;;/m0../s1. The molecule has 2 atom stereocenters. The highest BCUT2D eigenvalue weighted by atomic mass is 16.5. The summed E-state index contributed by atoms with van der Waals surface area (Å²) in [6.45, 7) is 4.97. The van der Waals surface area contributed by atoms with Gasteiger partial charge in [-0.1, -0.05) is 30.3 Å². The minimum atomic E-state index is -0.833. The highest BCUT2D eigenvalue weighted by Gasteiger charge is 2.49. The Morgan fingerprint density at radius 2 is 1.66 bits per heavy atom. The molecule has 3 rings (SSSR count). The molecule has 0 saturated carbocycles. The smallest absolute Gasteiger partial charge is 0.300 e. The van der Waals surface area contributed by atoms with Crippen molar-refractivity contribution in [3.05, 3.63) is 35.9 Å². The van der Waals surface area contributed by atoms with Crippen LogP contribution in [0.2, 0.25) is 0 Å². The largest absolute Gasteiger partial charge is 0.481 e. The van der Waals surface area contributed by atoms with Gasteiger partial charge >= 0.3 is 0 Å². The first-order chi connectivity index (χ1) is 15.0. The van der Waals surface area contributed by atoms with Crippen molar-refractivity contribution in [2.45, 2.75) is 26.0 Å². The number of nitrogens with one attached hydrogen (secondary N) is 1. The Labute approximate surface area is 188 Å². The molecular weight excluding hydrogens is 418 g/mol. The molecule has 0 radical (unpaired) electrons. The molecule has 180 valence electrons. The van der Waals surface area contributed by atoms with Crippen molar-refractivity contribution < 1.29 is 34.4 Å². The van der Waals surface area contributed by atoms with Gasteiger partial charge in [-0.2, -0.15) is 0 Å². The van der Waals surface area contributed by atoms with Gasteiger partial charge in [0.1, 0.15) is 0 Å². The number of amides is 1. The number of nitrogens with zero attached hydrogens (tertiary/aromatic N) is 2. The molecule has 0 unspecified atom stereocenters. The van der Waals surface area contributed by atoms with Gasteiger partial charge in [-0.3, -0.25) is 14.4 Å². The monoisotopic (exact) mass is 453 g/mol. The SMILES string of the molecule is CC(=O)O.CC(=O)O.CN(C)C[C@@H]1OCCN(C(=O)C2(CO)CNC2)[C@H]1c1ccccc1. The van der Waals surface area contributed by atoms with Crippen LogP contribution in [0.1, 0.15) is 25.5 Å². The Morgan fingerprint density at radius 3 is 2.06 bits per heavy atom. The molecule has 1 amide bonds. The number of aliphatic hydroxyl groups excluding tert-OH is 1. The zero-order valence-electron chi connectivity index (χ0n) is 19.2. The molecule has 10 heteroatoms. The van der Waals surface area contributed by atoms with E-state index in [1.165, 1.54) is 0 Å². The quantitative estimate of drug-likeness (QED) is 0.495. The van der Waals surface area contributed by atoms with Gasteiger partial charge < -0.3 is 35.2 Å². The molecule has 1 aromatic carbocycles. The number of carbonyl (C=O) groups excluding carboxylic acids is 1. The first-order valence-electron chi connectivity index (χ1n) is 10.4. The molecule has 2 heterocycles. The summed E-state index contributed by atoms with van der Waals surface area (Å²) in [6, 6.07) is 9.93. The predicted octanol–water partition coefficient (Wildman–Crippen LogP) is 0.280. The summed E-state index contributed by atoms with van der Waals surface area (Å²) in [4.78, 5) is 35.2. The minimum absolute atomic E-state index is 0.0321. The van der Waals surface area contributed by atoms with Crippen molar-refractivity contribution in [3.8, 4) is 0 Å². The number of benzene rings is 1.